The number of amides is 1. The van der Waals surface area contributed by atoms with Gasteiger partial charge in [0.15, 0.2) is 6.29 Å². The van der Waals surface area contributed by atoms with Gasteiger partial charge in [-0.2, -0.15) is 0 Å². The fourth-order valence-corrected chi connectivity index (χ4v) is 4.61. The van der Waals surface area contributed by atoms with Gasteiger partial charge in [0.2, 0.25) is 5.91 Å². The molecule has 1 fully saturated rings. The SMILES string of the molecule is CC(C)CC(NC(=O)CCCCCCCBr)C(O)C(C(O)O)C1CCC(O)NC1O. The Balaban J connectivity index is 2.72. The van der Waals surface area contributed by atoms with Gasteiger partial charge >= 0.3 is 0 Å². The van der Waals surface area contributed by atoms with Gasteiger partial charge in [0, 0.05) is 23.6 Å². The Kier molecular flexibility index (Phi) is 13.6. The van der Waals surface area contributed by atoms with Crippen LogP contribution in [0.1, 0.15) is 71.6 Å². The van der Waals surface area contributed by atoms with Crippen LogP contribution in [-0.4, -0.2) is 67.7 Å². The molecule has 6 atom stereocenters. The normalized spacial score (nSPS) is 25.3. The number of halogens is 1. The maximum absolute atomic E-state index is 12.5. The van der Waals surface area contributed by atoms with E-state index in [1.165, 1.54) is 0 Å². The molecule has 1 amide bonds. The number of hydrogen-bond acceptors (Lipinski definition) is 7. The molecule has 178 valence electrons. The van der Waals surface area contributed by atoms with E-state index in [1.807, 2.05) is 13.8 Å². The first-order valence-corrected chi connectivity index (χ1v) is 12.3. The Hall–Kier alpha value is -0.290. The molecule has 0 bridgehead atoms. The highest BCUT2D eigenvalue weighted by Gasteiger charge is 2.43. The summed E-state index contributed by atoms with van der Waals surface area (Å²) < 4.78 is 0. The standard InChI is InChI=1S/C21H41BrN2O6/c1-13(2)12-15(23-16(25)8-6-4-3-5-7-11-22)19(27)18(21(29)30)14-9-10-17(26)24-20(14)28/h13-15,17-21,24,26-30H,3-12H2,1-2H3,(H,23,25). The Morgan fingerprint density at radius 2 is 1.70 bits per heavy atom. The van der Waals surface area contributed by atoms with E-state index < -0.39 is 42.7 Å². The Labute approximate surface area is 188 Å². The summed E-state index contributed by atoms with van der Waals surface area (Å²) in [6, 6.07) is -0.656. The molecule has 1 heterocycles. The van der Waals surface area contributed by atoms with E-state index >= 15 is 0 Å². The molecular formula is C21H41BrN2O6. The largest absolute Gasteiger partial charge is 0.390 e. The number of piperidine rings is 1. The molecular weight excluding hydrogens is 456 g/mol. The predicted molar refractivity (Wildman–Crippen MR) is 118 cm³/mol. The second-order valence-corrected chi connectivity index (χ2v) is 9.65. The number of unbranched alkanes of at least 4 members (excludes halogenated alkanes) is 4. The van der Waals surface area contributed by atoms with Crippen LogP contribution in [0.15, 0.2) is 0 Å². The molecule has 30 heavy (non-hydrogen) atoms. The second-order valence-electron chi connectivity index (χ2n) is 8.86. The predicted octanol–water partition coefficient (Wildman–Crippen LogP) is 1.18. The minimum absolute atomic E-state index is 0.163. The van der Waals surface area contributed by atoms with Crippen molar-refractivity contribution in [2.75, 3.05) is 5.33 Å². The number of carbonyl (C=O) groups is 1. The van der Waals surface area contributed by atoms with Crippen LogP contribution in [0, 0.1) is 17.8 Å². The summed E-state index contributed by atoms with van der Waals surface area (Å²) in [5.74, 6) is -1.72. The summed E-state index contributed by atoms with van der Waals surface area (Å²) in [4.78, 5) is 12.5. The van der Waals surface area contributed by atoms with E-state index in [9.17, 15) is 30.3 Å². The lowest BCUT2D eigenvalue weighted by molar-refractivity contribution is -0.175. The number of aliphatic hydroxyl groups excluding tert-OH is 4. The van der Waals surface area contributed by atoms with E-state index in [4.69, 9.17) is 0 Å². The number of alkyl halides is 1. The monoisotopic (exact) mass is 496 g/mol. The maximum atomic E-state index is 12.5. The highest BCUT2D eigenvalue weighted by Crippen LogP contribution is 2.32. The molecule has 0 aromatic heterocycles. The molecule has 1 saturated heterocycles. The zero-order chi connectivity index (χ0) is 22.7. The third-order valence-corrected chi connectivity index (χ3v) is 6.36. The highest BCUT2D eigenvalue weighted by molar-refractivity contribution is 9.09. The van der Waals surface area contributed by atoms with Crippen molar-refractivity contribution in [3.63, 3.8) is 0 Å². The summed E-state index contributed by atoms with van der Waals surface area (Å²) in [5.41, 5.74) is 0. The van der Waals surface area contributed by atoms with E-state index in [2.05, 4.69) is 26.6 Å². The van der Waals surface area contributed by atoms with Gasteiger partial charge in [0.1, 0.15) is 12.5 Å². The van der Waals surface area contributed by atoms with Crippen molar-refractivity contribution in [3.8, 4) is 0 Å². The van der Waals surface area contributed by atoms with Crippen molar-refractivity contribution in [2.45, 2.75) is 103 Å². The zero-order valence-corrected chi connectivity index (χ0v) is 19.8. The van der Waals surface area contributed by atoms with Gasteiger partial charge < -0.3 is 30.8 Å². The summed E-state index contributed by atoms with van der Waals surface area (Å²) >= 11 is 3.40. The molecule has 7 N–H and O–H groups in total. The first kappa shape index (κ1) is 27.7. The number of rotatable bonds is 14. The molecule has 0 saturated carbocycles. The molecule has 0 radical (unpaired) electrons. The summed E-state index contributed by atoms with van der Waals surface area (Å²) in [6.07, 6.45) is 1.41. The van der Waals surface area contributed by atoms with Gasteiger partial charge in [0.25, 0.3) is 0 Å². The second kappa shape index (κ2) is 14.7. The maximum Gasteiger partial charge on any atom is 0.220 e. The third kappa shape index (κ3) is 9.89. The van der Waals surface area contributed by atoms with Crippen LogP contribution < -0.4 is 10.6 Å². The van der Waals surface area contributed by atoms with Crippen molar-refractivity contribution in [2.24, 2.45) is 17.8 Å². The van der Waals surface area contributed by atoms with Crippen LogP contribution in [0.2, 0.25) is 0 Å². The smallest absolute Gasteiger partial charge is 0.220 e. The molecule has 0 aliphatic carbocycles. The molecule has 1 aliphatic heterocycles. The Morgan fingerprint density at radius 3 is 2.27 bits per heavy atom. The van der Waals surface area contributed by atoms with Gasteiger partial charge in [-0.05, 0) is 38.0 Å². The van der Waals surface area contributed by atoms with Crippen LogP contribution >= 0.6 is 15.9 Å². The first-order chi connectivity index (χ1) is 14.2. The van der Waals surface area contributed by atoms with Crippen LogP contribution in [0.25, 0.3) is 0 Å². The number of nitrogens with one attached hydrogen (secondary N) is 2. The van der Waals surface area contributed by atoms with E-state index in [0.717, 1.165) is 37.4 Å². The minimum atomic E-state index is -1.86. The average Bonchev–Trinajstić information content (AvgIpc) is 2.65. The van der Waals surface area contributed by atoms with Crippen molar-refractivity contribution in [1.82, 2.24) is 10.6 Å². The summed E-state index contributed by atoms with van der Waals surface area (Å²) in [5, 5.41) is 57.3. The lowest BCUT2D eigenvalue weighted by atomic mass is 9.77. The van der Waals surface area contributed by atoms with Crippen molar-refractivity contribution in [3.05, 3.63) is 0 Å². The fraction of sp³-hybridized carbons (Fsp3) is 0.952. The summed E-state index contributed by atoms with van der Waals surface area (Å²) in [7, 11) is 0. The minimum Gasteiger partial charge on any atom is -0.390 e. The van der Waals surface area contributed by atoms with Gasteiger partial charge in [-0.1, -0.05) is 49.0 Å². The molecule has 0 spiro atoms. The molecule has 0 aromatic rings. The van der Waals surface area contributed by atoms with E-state index in [0.29, 0.717) is 25.7 Å². The number of aliphatic hydroxyl groups is 5. The molecule has 9 heteroatoms. The molecule has 6 unspecified atom stereocenters. The topological polar surface area (TPSA) is 142 Å². The van der Waals surface area contributed by atoms with Gasteiger partial charge in [-0.25, -0.2) is 0 Å². The summed E-state index contributed by atoms with van der Waals surface area (Å²) in [6.45, 7) is 3.93. The van der Waals surface area contributed by atoms with Gasteiger partial charge in [-0.15, -0.1) is 0 Å². The van der Waals surface area contributed by atoms with Crippen molar-refractivity contribution in [1.29, 1.82) is 0 Å². The Bertz CT molecular complexity index is 482. The van der Waals surface area contributed by atoms with Crippen LogP contribution in [0.3, 0.4) is 0 Å². The van der Waals surface area contributed by atoms with E-state index in [-0.39, 0.29) is 11.8 Å². The van der Waals surface area contributed by atoms with Crippen molar-refractivity contribution >= 4 is 21.8 Å². The van der Waals surface area contributed by atoms with Crippen LogP contribution in [0.5, 0.6) is 0 Å². The average molecular weight is 497 g/mol. The van der Waals surface area contributed by atoms with Gasteiger partial charge in [0.05, 0.1) is 12.1 Å². The highest BCUT2D eigenvalue weighted by atomic mass is 79.9. The molecule has 1 aliphatic rings. The zero-order valence-electron chi connectivity index (χ0n) is 18.2. The van der Waals surface area contributed by atoms with Crippen LogP contribution in [0.4, 0.5) is 0 Å². The fourth-order valence-electron chi connectivity index (χ4n) is 4.22. The quantitative estimate of drug-likeness (QED) is 0.109. The van der Waals surface area contributed by atoms with Crippen molar-refractivity contribution < 1.29 is 30.3 Å². The van der Waals surface area contributed by atoms with Gasteiger partial charge in [-0.3, -0.25) is 10.1 Å². The lowest BCUT2D eigenvalue weighted by Crippen LogP contribution is -2.57. The Morgan fingerprint density at radius 1 is 1.07 bits per heavy atom. The van der Waals surface area contributed by atoms with E-state index in [1.54, 1.807) is 0 Å². The third-order valence-electron chi connectivity index (χ3n) is 5.80. The molecule has 0 aromatic carbocycles. The number of carbonyl (C=O) groups excluding carboxylic acids is 1. The lowest BCUT2D eigenvalue weighted by Gasteiger charge is -2.42. The molecule has 8 nitrogen and oxygen atoms in total. The van der Waals surface area contributed by atoms with Crippen LogP contribution in [-0.2, 0) is 4.79 Å². The molecule has 1 rings (SSSR count). The number of hydrogen-bond donors (Lipinski definition) is 7. The first-order valence-electron chi connectivity index (χ1n) is 11.2.